The van der Waals surface area contributed by atoms with Crippen LogP contribution in [0.5, 0.6) is 0 Å². The van der Waals surface area contributed by atoms with E-state index in [4.69, 9.17) is 4.74 Å². The lowest BCUT2D eigenvalue weighted by Crippen LogP contribution is -2.25. The van der Waals surface area contributed by atoms with Gasteiger partial charge in [0.15, 0.2) is 5.16 Å². The van der Waals surface area contributed by atoms with Gasteiger partial charge in [0.2, 0.25) is 0 Å². The first-order chi connectivity index (χ1) is 10.8. The Balaban J connectivity index is 1.51. The molecule has 1 aromatic heterocycles. The van der Waals surface area contributed by atoms with E-state index in [1.807, 2.05) is 6.07 Å². The van der Waals surface area contributed by atoms with Crippen LogP contribution in [0.3, 0.4) is 0 Å². The van der Waals surface area contributed by atoms with Gasteiger partial charge in [0.25, 0.3) is 0 Å². The van der Waals surface area contributed by atoms with Crippen molar-refractivity contribution in [1.29, 1.82) is 0 Å². The maximum Gasteiger partial charge on any atom is 0.344 e. The number of aromatic amines is 1. The molecule has 1 fully saturated rings. The van der Waals surface area contributed by atoms with Gasteiger partial charge in [-0.3, -0.25) is 4.57 Å². The van der Waals surface area contributed by atoms with Crippen LogP contribution in [0.4, 0.5) is 0 Å². The highest BCUT2D eigenvalue weighted by atomic mass is 32.2. The number of hydrogen-bond donors (Lipinski definition) is 1. The molecule has 1 aliphatic heterocycles. The van der Waals surface area contributed by atoms with Crippen molar-refractivity contribution in [3.8, 4) is 0 Å². The van der Waals surface area contributed by atoms with Gasteiger partial charge in [0, 0.05) is 12.4 Å². The van der Waals surface area contributed by atoms with Crippen LogP contribution in [0.2, 0.25) is 0 Å². The van der Waals surface area contributed by atoms with E-state index in [-0.39, 0.29) is 11.8 Å². The Morgan fingerprint density at radius 2 is 2.23 bits per heavy atom. The summed E-state index contributed by atoms with van der Waals surface area (Å²) in [7, 11) is 0. The molecule has 0 bridgehead atoms. The van der Waals surface area contributed by atoms with Crippen molar-refractivity contribution in [2.45, 2.75) is 43.5 Å². The van der Waals surface area contributed by atoms with Crippen molar-refractivity contribution < 1.29 is 4.74 Å². The number of H-pyrrole nitrogens is 1. The van der Waals surface area contributed by atoms with E-state index < -0.39 is 0 Å². The zero-order chi connectivity index (χ0) is 15.2. The van der Waals surface area contributed by atoms with E-state index in [9.17, 15) is 4.79 Å². The van der Waals surface area contributed by atoms with E-state index in [0.717, 1.165) is 43.2 Å². The Bertz CT molecular complexity index is 632. The van der Waals surface area contributed by atoms with Crippen molar-refractivity contribution in [2.24, 2.45) is 0 Å². The maximum absolute atomic E-state index is 11.9. The summed E-state index contributed by atoms with van der Waals surface area (Å²) in [6.45, 7) is 1.41. The standard InChI is InChI=1S/C16H21N3O2S/c20-15-17-18-16(19(15)12-14-9-4-10-21-14)22-11-5-8-13-6-2-1-3-7-13/h1-3,6-7,14H,4-5,8-12H2,(H,17,20)/t14-/m1/s1. The molecule has 22 heavy (non-hydrogen) atoms. The summed E-state index contributed by atoms with van der Waals surface area (Å²) in [5.41, 5.74) is 1.21. The average Bonchev–Trinajstić information content (AvgIpc) is 3.17. The number of nitrogens with one attached hydrogen (secondary N) is 1. The summed E-state index contributed by atoms with van der Waals surface area (Å²) < 4.78 is 7.32. The molecule has 3 rings (SSSR count). The molecular formula is C16H21N3O2S. The van der Waals surface area contributed by atoms with Gasteiger partial charge < -0.3 is 4.74 Å². The Kier molecular flexibility index (Phi) is 5.34. The normalized spacial score (nSPS) is 17.9. The number of nitrogens with zero attached hydrogens (tertiary/aromatic N) is 2. The summed E-state index contributed by atoms with van der Waals surface area (Å²) >= 11 is 1.64. The van der Waals surface area contributed by atoms with E-state index >= 15 is 0 Å². The zero-order valence-corrected chi connectivity index (χ0v) is 13.3. The maximum atomic E-state index is 11.9. The SMILES string of the molecule is O=c1[nH]nc(SCCCc2ccccc2)n1C[C@H]1CCCO1. The Labute approximate surface area is 134 Å². The van der Waals surface area contributed by atoms with Crippen LogP contribution in [-0.4, -0.2) is 33.2 Å². The van der Waals surface area contributed by atoms with Crippen molar-refractivity contribution in [3.63, 3.8) is 0 Å². The van der Waals surface area contributed by atoms with Gasteiger partial charge in [-0.1, -0.05) is 42.1 Å². The fourth-order valence-electron chi connectivity index (χ4n) is 2.65. The molecule has 0 aliphatic carbocycles. The second-order valence-electron chi connectivity index (χ2n) is 5.49. The number of thioether (sulfide) groups is 1. The number of rotatable bonds is 7. The van der Waals surface area contributed by atoms with Crippen LogP contribution in [0, 0.1) is 0 Å². The lowest BCUT2D eigenvalue weighted by molar-refractivity contribution is 0.0941. The Morgan fingerprint density at radius 1 is 1.36 bits per heavy atom. The molecule has 2 heterocycles. The first-order valence-corrected chi connectivity index (χ1v) is 8.75. The fourth-order valence-corrected chi connectivity index (χ4v) is 3.55. The highest BCUT2D eigenvalue weighted by Crippen LogP contribution is 2.19. The molecule has 1 atom stereocenters. The van der Waals surface area contributed by atoms with Crippen LogP contribution < -0.4 is 5.69 Å². The minimum absolute atomic E-state index is 0.138. The summed E-state index contributed by atoms with van der Waals surface area (Å²) in [6.07, 6.45) is 4.37. The number of benzene rings is 1. The fraction of sp³-hybridized carbons (Fsp3) is 0.500. The zero-order valence-electron chi connectivity index (χ0n) is 12.5. The number of aryl methyl sites for hydroxylation is 1. The molecule has 0 spiro atoms. The van der Waals surface area contributed by atoms with Gasteiger partial charge in [0.05, 0.1) is 12.6 Å². The minimum Gasteiger partial charge on any atom is -0.376 e. The molecule has 5 nitrogen and oxygen atoms in total. The first-order valence-electron chi connectivity index (χ1n) is 7.76. The molecule has 1 N–H and O–H groups in total. The third kappa shape index (κ3) is 4.01. The molecule has 6 heteroatoms. The third-order valence-corrected chi connectivity index (χ3v) is 4.88. The van der Waals surface area contributed by atoms with Crippen molar-refractivity contribution in [2.75, 3.05) is 12.4 Å². The van der Waals surface area contributed by atoms with Gasteiger partial charge >= 0.3 is 5.69 Å². The second-order valence-corrected chi connectivity index (χ2v) is 6.56. The van der Waals surface area contributed by atoms with E-state index in [1.54, 1.807) is 16.3 Å². The van der Waals surface area contributed by atoms with Crippen LogP contribution >= 0.6 is 11.8 Å². The molecule has 0 unspecified atom stereocenters. The predicted octanol–water partition coefficient (Wildman–Crippen LogP) is 2.48. The third-order valence-electron chi connectivity index (χ3n) is 3.82. The van der Waals surface area contributed by atoms with Gasteiger partial charge in [-0.15, -0.1) is 5.10 Å². The van der Waals surface area contributed by atoms with Crippen molar-refractivity contribution in [3.05, 3.63) is 46.4 Å². The van der Waals surface area contributed by atoms with E-state index in [1.165, 1.54) is 5.56 Å². The molecule has 0 saturated carbocycles. The van der Waals surface area contributed by atoms with Crippen molar-refractivity contribution in [1.82, 2.24) is 14.8 Å². The predicted molar refractivity (Wildman–Crippen MR) is 87.3 cm³/mol. The van der Waals surface area contributed by atoms with Crippen LogP contribution in [0.1, 0.15) is 24.8 Å². The highest BCUT2D eigenvalue weighted by Gasteiger charge is 2.19. The Morgan fingerprint density at radius 3 is 3.00 bits per heavy atom. The lowest BCUT2D eigenvalue weighted by Gasteiger charge is -2.10. The van der Waals surface area contributed by atoms with Crippen molar-refractivity contribution >= 4 is 11.8 Å². The summed E-state index contributed by atoms with van der Waals surface area (Å²) in [5, 5.41) is 7.46. The number of ether oxygens (including phenoxy) is 1. The highest BCUT2D eigenvalue weighted by molar-refractivity contribution is 7.99. The minimum atomic E-state index is -0.138. The smallest absolute Gasteiger partial charge is 0.344 e. The molecule has 118 valence electrons. The average molecular weight is 319 g/mol. The van der Waals surface area contributed by atoms with Gasteiger partial charge in [-0.2, -0.15) is 0 Å². The topological polar surface area (TPSA) is 59.9 Å². The lowest BCUT2D eigenvalue weighted by atomic mass is 10.1. The first kappa shape index (κ1) is 15.4. The van der Waals surface area contributed by atoms with Crippen LogP contribution in [0.15, 0.2) is 40.3 Å². The molecule has 1 saturated heterocycles. The summed E-state index contributed by atoms with van der Waals surface area (Å²) in [6, 6.07) is 10.5. The largest absolute Gasteiger partial charge is 0.376 e. The summed E-state index contributed by atoms with van der Waals surface area (Å²) in [5.74, 6) is 0.949. The molecular weight excluding hydrogens is 298 g/mol. The molecule has 2 aromatic rings. The molecule has 1 aromatic carbocycles. The monoisotopic (exact) mass is 319 g/mol. The van der Waals surface area contributed by atoms with Gasteiger partial charge in [-0.05, 0) is 31.2 Å². The quantitative estimate of drug-likeness (QED) is 0.629. The molecule has 1 aliphatic rings. The summed E-state index contributed by atoms with van der Waals surface area (Å²) in [4.78, 5) is 11.9. The molecule has 0 radical (unpaired) electrons. The van der Waals surface area contributed by atoms with Crippen LogP contribution in [0.25, 0.3) is 0 Å². The number of hydrogen-bond acceptors (Lipinski definition) is 4. The van der Waals surface area contributed by atoms with E-state index in [0.29, 0.717) is 6.54 Å². The number of aromatic nitrogens is 3. The molecule has 0 amide bonds. The van der Waals surface area contributed by atoms with Gasteiger partial charge in [-0.25, -0.2) is 9.89 Å². The second kappa shape index (κ2) is 7.65. The van der Waals surface area contributed by atoms with E-state index in [2.05, 4.69) is 34.5 Å². The Hall–Kier alpha value is -1.53. The van der Waals surface area contributed by atoms with Gasteiger partial charge in [0.1, 0.15) is 0 Å². The van der Waals surface area contributed by atoms with Crippen LogP contribution in [-0.2, 0) is 17.7 Å².